The molecule has 3 aromatic rings. The molecule has 0 N–H and O–H groups in total. The number of nitrogens with zero attached hydrogens (tertiary/aromatic N) is 3. The Morgan fingerprint density at radius 2 is 1.83 bits per heavy atom. The highest BCUT2D eigenvalue weighted by atomic mass is 79.9. The third-order valence-electron chi connectivity index (χ3n) is 2.95. The molecule has 0 saturated heterocycles. The molecule has 90 valence electrons. The van der Waals surface area contributed by atoms with E-state index in [0.29, 0.717) is 0 Å². The van der Waals surface area contributed by atoms with Gasteiger partial charge in [-0.25, -0.2) is 9.50 Å². The first-order chi connectivity index (χ1) is 8.65. The Balaban J connectivity index is 2.23. The lowest BCUT2D eigenvalue weighted by Gasteiger charge is -2.05. The minimum Gasteiger partial charge on any atom is -0.227 e. The maximum Gasteiger partial charge on any atom is 0.170 e. The normalized spacial score (nSPS) is 11.1. The predicted molar refractivity (Wildman–Crippen MR) is 75.6 cm³/mol. The number of halogens is 1. The highest BCUT2D eigenvalue weighted by Crippen LogP contribution is 2.23. The Hall–Kier alpha value is -1.68. The van der Waals surface area contributed by atoms with Crippen LogP contribution in [0.5, 0.6) is 0 Å². The van der Waals surface area contributed by atoms with Gasteiger partial charge < -0.3 is 0 Å². The van der Waals surface area contributed by atoms with E-state index in [1.165, 1.54) is 5.56 Å². The number of fused-ring (bicyclic) bond motifs is 1. The first-order valence-electron chi connectivity index (χ1n) is 5.73. The van der Waals surface area contributed by atoms with Gasteiger partial charge in [0.15, 0.2) is 5.65 Å². The average molecular weight is 302 g/mol. The lowest BCUT2D eigenvalue weighted by molar-refractivity contribution is 0.896. The van der Waals surface area contributed by atoms with Gasteiger partial charge >= 0.3 is 0 Å². The standard InChI is InChI=1S/C14H12BrN3/c1-9-3-5-11(6-4-9)13-7-10(2)18-14(17-13)12(15)8-16-18/h3-8H,1-2H3. The summed E-state index contributed by atoms with van der Waals surface area (Å²) in [6, 6.07) is 10.4. The maximum atomic E-state index is 4.65. The fraction of sp³-hybridized carbons (Fsp3) is 0.143. The summed E-state index contributed by atoms with van der Waals surface area (Å²) < 4.78 is 2.75. The summed E-state index contributed by atoms with van der Waals surface area (Å²) in [4.78, 5) is 4.65. The van der Waals surface area contributed by atoms with E-state index in [9.17, 15) is 0 Å². The fourth-order valence-electron chi connectivity index (χ4n) is 1.96. The highest BCUT2D eigenvalue weighted by Gasteiger charge is 2.08. The molecule has 2 aromatic heterocycles. The zero-order valence-corrected chi connectivity index (χ0v) is 11.8. The average Bonchev–Trinajstić information content (AvgIpc) is 2.73. The summed E-state index contributed by atoms with van der Waals surface area (Å²) in [6.45, 7) is 4.12. The second-order valence-corrected chi connectivity index (χ2v) is 5.23. The van der Waals surface area contributed by atoms with E-state index in [1.807, 2.05) is 11.4 Å². The smallest absolute Gasteiger partial charge is 0.170 e. The summed E-state index contributed by atoms with van der Waals surface area (Å²) in [6.07, 6.45) is 1.77. The molecule has 0 aliphatic heterocycles. The Labute approximate surface area is 114 Å². The molecule has 1 aromatic carbocycles. The van der Waals surface area contributed by atoms with Gasteiger partial charge in [-0.2, -0.15) is 5.10 Å². The van der Waals surface area contributed by atoms with Crippen molar-refractivity contribution in [3.05, 3.63) is 52.3 Å². The molecule has 0 saturated carbocycles. The third-order valence-corrected chi connectivity index (χ3v) is 3.51. The molecular weight excluding hydrogens is 290 g/mol. The molecule has 0 spiro atoms. The second-order valence-electron chi connectivity index (χ2n) is 4.38. The molecule has 2 heterocycles. The van der Waals surface area contributed by atoms with E-state index in [1.54, 1.807) is 6.20 Å². The number of benzene rings is 1. The summed E-state index contributed by atoms with van der Waals surface area (Å²) in [5.41, 5.74) is 5.27. The molecule has 18 heavy (non-hydrogen) atoms. The van der Waals surface area contributed by atoms with Crippen LogP contribution in [-0.2, 0) is 0 Å². The molecule has 0 amide bonds. The molecule has 0 aliphatic rings. The molecule has 0 unspecified atom stereocenters. The van der Waals surface area contributed by atoms with Crippen molar-refractivity contribution in [3.8, 4) is 11.3 Å². The van der Waals surface area contributed by atoms with Crippen molar-refractivity contribution in [3.63, 3.8) is 0 Å². The lowest BCUT2D eigenvalue weighted by atomic mass is 10.1. The van der Waals surface area contributed by atoms with E-state index in [0.717, 1.165) is 27.1 Å². The van der Waals surface area contributed by atoms with Crippen molar-refractivity contribution in [2.24, 2.45) is 0 Å². The molecule has 4 heteroatoms. The van der Waals surface area contributed by atoms with Crippen LogP contribution in [0.1, 0.15) is 11.3 Å². The molecule has 0 bridgehead atoms. The van der Waals surface area contributed by atoms with E-state index in [-0.39, 0.29) is 0 Å². The first-order valence-corrected chi connectivity index (χ1v) is 6.52. The van der Waals surface area contributed by atoms with Gasteiger partial charge in [-0.05, 0) is 35.8 Å². The Bertz CT molecular complexity index is 714. The van der Waals surface area contributed by atoms with Crippen LogP contribution in [0.2, 0.25) is 0 Å². The van der Waals surface area contributed by atoms with E-state index in [4.69, 9.17) is 0 Å². The predicted octanol–water partition coefficient (Wildman–Crippen LogP) is 3.78. The maximum absolute atomic E-state index is 4.65. The van der Waals surface area contributed by atoms with Crippen molar-refractivity contribution >= 4 is 21.6 Å². The summed E-state index contributed by atoms with van der Waals surface area (Å²) in [5, 5.41) is 4.27. The van der Waals surface area contributed by atoms with Gasteiger partial charge in [0.25, 0.3) is 0 Å². The Kier molecular flexibility index (Phi) is 2.67. The van der Waals surface area contributed by atoms with Crippen LogP contribution in [0.25, 0.3) is 16.9 Å². The number of aryl methyl sites for hydroxylation is 2. The molecule has 0 fully saturated rings. The van der Waals surface area contributed by atoms with Gasteiger partial charge in [0.1, 0.15) is 0 Å². The molecule has 0 atom stereocenters. The minimum atomic E-state index is 0.852. The fourth-order valence-corrected chi connectivity index (χ4v) is 2.31. The lowest BCUT2D eigenvalue weighted by Crippen LogP contribution is -1.97. The first kappa shape index (κ1) is 11.4. The van der Waals surface area contributed by atoms with Gasteiger partial charge in [0, 0.05) is 11.3 Å². The second kappa shape index (κ2) is 4.21. The van der Waals surface area contributed by atoms with Crippen LogP contribution < -0.4 is 0 Å². The Morgan fingerprint density at radius 1 is 1.11 bits per heavy atom. The van der Waals surface area contributed by atoms with Crippen LogP contribution in [0.3, 0.4) is 0 Å². The molecule has 0 radical (unpaired) electrons. The van der Waals surface area contributed by atoms with E-state index < -0.39 is 0 Å². The minimum absolute atomic E-state index is 0.852. The molecule has 3 nitrogen and oxygen atoms in total. The largest absolute Gasteiger partial charge is 0.227 e. The van der Waals surface area contributed by atoms with Crippen molar-refractivity contribution in [2.45, 2.75) is 13.8 Å². The van der Waals surface area contributed by atoms with Gasteiger partial charge in [0.2, 0.25) is 0 Å². The van der Waals surface area contributed by atoms with Gasteiger partial charge in [0.05, 0.1) is 16.4 Å². The quantitative estimate of drug-likeness (QED) is 0.685. The highest BCUT2D eigenvalue weighted by molar-refractivity contribution is 9.10. The molecule has 3 rings (SSSR count). The molecule has 0 aliphatic carbocycles. The zero-order chi connectivity index (χ0) is 12.7. The van der Waals surface area contributed by atoms with Gasteiger partial charge in [-0.1, -0.05) is 29.8 Å². The number of hydrogen-bond acceptors (Lipinski definition) is 2. The summed E-state index contributed by atoms with van der Waals surface area (Å²) >= 11 is 3.47. The van der Waals surface area contributed by atoms with E-state index >= 15 is 0 Å². The Morgan fingerprint density at radius 3 is 2.56 bits per heavy atom. The SMILES string of the molecule is Cc1ccc(-c2cc(C)n3ncc(Br)c3n2)cc1. The van der Waals surface area contributed by atoms with Gasteiger partial charge in [-0.15, -0.1) is 0 Å². The number of hydrogen-bond donors (Lipinski definition) is 0. The van der Waals surface area contributed by atoms with Crippen molar-refractivity contribution in [1.29, 1.82) is 0 Å². The topological polar surface area (TPSA) is 30.2 Å². The van der Waals surface area contributed by atoms with Crippen LogP contribution in [0, 0.1) is 13.8 Å². The number of rotatable bonds is 1. The van der Waals surface area contributed by atoms with Crippen LogP contribution in [-0.4, -0.2) is 14.6 Å². The summed E-state index contributed by atoms with van der Waals surface area (Å²) in [5.74, 6) is 0. The van der Waals surface area contributed by atoms with Gasteiger partial charge in [-0.3, -0.25) is 0 Å². The van der Waals surface area contributed by atoms with Crippen LogP contribution in [0.4, 0.5) is 0 Å². The van der Waals surface area contributed by atoms with E-state index in [2.05, 4.69) is 63.3 Å². The van der Waals surface area contributed by atoms with Crippen molar-refractivity contribution < 1.29 is 0 Å². The van der Waals surface area contributed by atoms with Crippen LogP contribution >= 0.6 is 15.9 Å². The number of aromatic nitrogens is 3. The van der Waals surface area contributed by atoms with Crippen molar-refractivity contribution in [2.75, 3.05) is 0 Å². The monoisotopic (exact) mass is 301 g/mol. The third kappa shape index (κ3) is 1.82. The summed E-state index contributed by atoms with van der Waals surface area (Å²) in [7, 11) is 0. The zero-order valence-electron chi connectivity index (χ0n) is 10.2. The van der Waals surface area contributed by atoms with Crippen molar-refractivity contribution in [1.82, 2.24) is 14.6 Å². The van der Waals surface area contributed by atoms with Crippen LogP contribution in [0.15, 0.2) is 41.0 Å². The molecular formula is C14H12BrN3.